The van der Waals surface area contributed by atoms with Gasteiger partial charge in [-0.15, -0.1) is 0 Å². The number of aromatic nitrogens is 2. The molecule has 0 saturated carbocycles. The third-order valence-electron chi connectivity index (χ3n) is 2.71. The Kier molecular flexibility index (Phi) is 2.59. The van der Waals surface area contributed by atoms with Crippen LogP contribution in [0.15, 0.2) is 24.3 Å². The van der Waals surface area contributed by atoms with Gasteiger partial charge in [-0.05, 0) is 26.0 Å². The van der Waals surface area contributed by atoms with Crippen molar-refractivity contribution in [3.63, 3.8) is 0 Å². The van der Waals surface area contributed by atoms with E-state index in [-0.39, 0.29) is 5.56 Å². The first-order chi connectivity index (χ1) is 8.00. The van der Waals surface area contributed by atoms with Crippen molar-refractivity contribution < 1.29 is 15.1 Å². The molecule has 0 amide bonds. The summed E-state index contributed by atoms with van der Waals surface area (Å²) in [6.07, 6.45) is 0. The van der Waals surface area contributed by atoms with Crippen LogP contribution in [0.5, 0.6) is 0 Å². The van der Waals surface area contributed by atoms with Crippen LogP contribution in [0.2, 0.25) is 0 Å². The number of nitrogens with zero attached hydrogens (tertiary/aromatic N) is 2. The molecule has 0 aliphatic rings. The van der Waals surface area contributed by atoms with Crippen LogP contribution in [0.3, 0.4) is 0 Å². The lowest BCUT2D eigenvalue weighted by molar-refractivity contribution is 0.0697. The van der Waals surface area contributed by atoms with E-state index in [4.69, 9.17) is 5.11 Å². The Morgan fingerprint density at radius 2 is 1.82 bits per heavy atom. The van der Waals surface area contributed by atoms with E-state index in [9.17, 15) is 10.0 Å². The smallest absolute Gasteiger partial charge is 0.335 e. The molecule has 0 fully saturated rings. The fourth-order valence-electron chi connectivity index (χ4n) is 1.55. The monoisotopic (exact) mass is 232 g/mol. The lowest BCUT2D eigenvalue weighted by Gasteiger charge is -2.02. The summed E-state index contributed by atoms with van der Waals surface area (Å²) in [4.78, 5) is 14.9. The molecule has 5 heteroatoms. The number of benzene rings is 1. The first kappa shape index (κ1) is 11.2. The second kappa shape index (κ2) is 3.93. The molecular weight excluding hydrogens is 220 g/mol. The molecule has 0 radical (unpaired) electrons. The van der Waals surface area contributed by atoms with Crippen molar-refractivity contribution in [2.45, 2.75) is 13.8 Å². The molecule has 2 aromatic rings. The minimum absolute atomic E-state index is 0.207. The van der Waals surface area contributed by atoms with Gasteiger partial charge in [0.2, 0.25) is 0 Å². The molecule has 0 atom stereocenters. The summed E-state index contributed by atoms with van der Waals surface area (Å²) in [6, 6.07) is 6.21. The van der Waals surface area contributed by atoms with E-state index in [1.165, 1.54) is 12.1 Å². The van der Waals surface area contributed by atoms with Gasteiger partial charge in [0.15, 0.2) is 5.82 Å². The third-order valence-corrected chi connectivity index (χ3v) is 2.71. The molecule has 2 N–H and O–H groups in total. The molecule has 0 aliphatic carbocycles. The maximum atomic E-state index is 10.7. The Morgan fingerprint density at radius 1 is 1.24 bits per heavy atom. The zero-order valence-electron chi connectivity index (χ0n) is 9.51. The minimum atomic E-state index is -0.976. The van der Waals surface area contributed by atoms with E-state index in [0.29, 0.717) is 17.1 Å². The number of rotatable bonds is 2. The van der Waals surface area contributed by atoms with Crippen LogP contribution in [-0.4, -0.2) is 26.0 Å². The zero-order chi connectivity index (χ0) is 12.6. The number of carboxylic acid groups (broad SMARTS) is 1. The van der Waals surface area contributed by atoms with Gasteiger partial charge in [0.25, 0.3) is 0 Å². The molecule has 1 aromatic carbocycles. The number of aromatic carboxylic acids is 1. The van der Waals surface area contributed by atoms with Crippen molar-refractivity contribution in [3.05, 3.63) is 41.2 Å². The van der Waals surface area contributed by atoms with E-state index in [1.807, 2.05) is 0 Å². The average Bonchev–Trinajstić information content (AvgIpc) is 2.57. The van der Waals surface area contributed by atoms with Gasteiger partial charge in [0.1, 0.15) is 0 Å². The molecule has 2 rings (SSSR count). The second-order valence-corrected chi connectivity index (χ2v) is 3.80. The molecule has 1 aromatic heterocycles. The number of carboxylic acids is 1. The SMILES string of the molecule is Cc1nc(-c2ccc(C(=O)O)cc2)n(O)c1C. The number of hydrogen-bond acceptors (Lipinski definition) is 3. The summed E-state index contributed by atoms with van der Waals surface area (Å²) in [5.74, 6) is -0.562. The molecule has 88 valence electrons. The van der Waals surface area contributed by atoms with E-state index in [2.05, 4.69) is 4.98 Å². The van der Waals surface area contributed by atoms with Crippen molar-refractivity contribution in [1.82, 2.24) is 9.71 Å². The highest BCUT2D eigenvalue weighted by molar-refractivity contribution is 5.88. The van der Waals surface area contributed by atoms with Crippen LogP contribution < -0.4 is 0 Å². The maximum absolute atomic E-state index is 10.7. The van der Waals surface area contributed by atoms with Gasteiger partial charge in [-0.1, -0.05) is 12.1 Å². The van der Waals surface area contributed by atoms with E-state index >= 15 is 0 Å². The highest BCUT2D eigenvalue weighted by atomic mass is 16.5. The van der Waals surface area contributed by atoms with Crippen molar-refractivity contribution in [1.29, 1.82) is 0 Å². The highest BCUT2D eigenvalue weighted by Gasteiger charge is 2.12. The first-order valence-corrected chi connectivity index (χ1v) is 5.09. The number of hydrogen-bond donors (Lipinski definition) is 2. The van der Waals surface area contributed by atoms with Gasteiger partial charge in [0.05, 0.1) is 17.0 Å². The number of imidazole rings is 1. The number of aryl methyl sites for hydroxylation is 1. The molecule has 0 bridgehead atoms. The van der Waals surface area contributed by atoms with Crippen LogP contribution in [0.4, 0.5) is 0 Å². The van der Waals surface area contributed by atoms with Gasteiger partial charge >= 0.3 is 5.97 Å². The molecule has 0 spiro atoms. The predicted molar refractivity (Wildman–Crippen MR) is 61.3 cm³/mol. The molecule has 17 heavy (non-hydrogen) atoms. The van der Waals surface area contributed by atoms with Crippen molar-refractivity contribution >= 4 is 5.97 Å². The van der Waals surface area contributed by atoms with Gasteiger partial charge in [0, 0.05) is 5.56 Å². The first-order valence-electron chi connectivity index (χ1n) is 5.09. The Hall–Kier alpha value is -2.30. The maximum Gasteiger partial charge on any atom is 0.335 e. The van der Waals surface area contributed by atoms with Crippen LogP contribution >= 0.6 is 0 Å². The number of carbonyl (C=O) groups is 1. The van der Waals surface area contributed by atoms with Gasteiger partial charge in [-0.25, -0.2) is 9.78 Å². The molecular formula is C12H12N2O3. The Morgan fingerprint density at radius 3 is 2.24 bits per heavy atom. The molecule has 5 nitrogen and oxygen atoms in total. The summed E-state index contributed by atoms with van der Waals surface area (Å²) in [6.45, 7) is 3.56. The van der Waals surface area contributed by atoms with E-state index in [1.54, 1.807) is 26.0 Å². The lowest BCUT2D eigenvalue weighted by atomic mass is 10.1. The van der Waals surface area contributed by atoms with E-state index in [0.717, 1.165) is 10.4 Å². The summed E-state index contributed by atoms with van der Waals surface area (Å²) >= 11 is 0. The normalized spacial score (nSPS) is 10.5. The van der Waals surface area contributed by atoms with Crippen molar-refractivity contribution in [2.75, 3.05) is 0 Å². The second-order valence-electron chi connectivity index (χ2n) is 3.80. The Labute approximate surface area is 97.9 Å². The van der Waals surface area contributed by atoms with Crippen molar-refractivity contribution in [3.8, 4) is 11.4 Å². The van der Waals surface area contributed by atoms with Crippen molar-refractivity contribution in [2.24, 2.45) is 0 Å². The van der Waals surface area contributed by atoms with Gasteiger partial charge in [-0.2, -0.15) is 4.73 Å². The quantitative estimate of drug-likeness (QED) is 0.777. The fraction of sp³-hybridized carbons (Fsp3) is 0.167. The molecule has 0 unspecified atom stereocenters. The summed E-state index contributed by atoms with van der Waals surface area (Å²) < 4.78 is 1.01. The van der Waals surface area contributed by atoms with Crippen LogP contribution in [0.25, 0.3) is 11.4 Å². The van der Waals surface area contributed by atoms with E-state index < -0.39 is 5.97 Å². The molecule has 0 saturated heterocycles. The van der Waals surface area contributed by atoms with Crippen LogP contribution in [0, 0.1) is 13.8 Å². The van der Waals surface area contributed by atoms with Crippen LogP contribution in [0.1, 0.15) is 21.7 Å². The average molecular weight is 232 g/mol. The summed E-state index contributed by atoms with van der Waals surface area (Å²) in [5, 5.41) is 18.6. The largest absolute Gasteiger partial charge is 0.478 e. The fourth-order valence-corrected chi connectivity index (χ4v) is 1.55. The lowest BCUT2D eigenvalue weighted by Crippen LogP contribution is -1.98. The summed E-state index contributed by atoms with van der Waals surface area (Å²) in [5.41, 5.74) is 2.29. The summed E-state index contributed by atoms with van der Waals surface area (Å²) in [7, 11) is 0. The molecule has 1 heterocycles. The minimum Gasteiger partial charge on any atom is -0.478 e. The van der Waals surface area contributed by atoms with Crippen LogP contribution in [-0.2, 0) is 0 Å². The van der Waals surface area contributed by atoms with Gasteiger partial charge < -0.3 is 10.3 Å². The zero-order valence-corrected chi connectivity index (χ0v) is 9.51. The standard InChI is InChI=1S/C12H12N2O3/c1-7-8(2)14(17)11(13-7)9-3-5-10(6-4-9)12(15)16/h3-6,17H,1-2H3,(H,15,16). The van der Waals surface area contributed by atoms with Gasteiger partial charge in [-0.3, -0.25) is 0 Å². The predicted octanol–water partition coefficient (Wildman–Crippen LogP) is 2.10. The Balaban J connectivity index is 2.47. The highest BCUT2D eigenvalue weighted by Crippen LogP contribution is 2.20. The molecule has 0 aliphatic heterocycles. The topological polar surface area (TPSA) is 75.3 Å². The third kappa shape index (κ3) is 1.87. The Bertz CT molecular complexity index is 570.